The van der Waals surface area contributed by atoms with Gasteiger partial charge in [-0.2, -0.15) is 0 Å². The third-order valence-corrected chi connectivity index (χ3v) is 3.07. The fraction of sp³-hybridized carbons (Fsp3) is 0.235. The Morgan fingerprint density at radius 2 is 1.95 bits per heavy atom. The first-order chi connectivity index (χ1) is 9.61. The lowest BCUT2D eigenvalue weighted by atomic mass is 9.98. The number of esters is 1. The second-order valence-electron chi connectivity index (χ2n) is 4.67. The maximum atomic E-state index is 11.8. The summed E-state index contributed by atoms with van der Waals surface area (Å²) in [6.07, 6.45) is 1.56. The van der Waals surface area contributed by atoms with E-state index in [2.05, 4.69) is 4.98 Å². The number of aryl methyl sites for hydroxylation is 2. The smallest absolute Gasteiger partial charge is 0.331 e. The van der Waals surface area contributed by atoms with Crippen LogP contribution in [0.2, 0.25) is 0 Å². The summed E-state index contributed by atoms with van der Waals surface area (Å²) in [6, 6.07) is 11.9. The van der Waals surface area contributed by atoms with Gasteiger partial charge in [0.2, 0.25) is 0 Å². The van der Waals surface area contributed by atoms with Crippen LogP contribution in [0.4, 0.5) is 0 Å². The first kappa shape index (κ1) is 14.1. The highest BCUT2D eigenvalue weighted by Gasteiger charge is 2.12. The fourth-order valence-corrected chi connectivity index (χ4v) is 2.24. The van der Waals surface area contributed by atoms with Crippen LogP contribution in [0.1, 0.15) is 29.4 Å². The number of nitrogens with one attached hydrogen (secondary N) is 1. The van der Waals surface area contributed by atoms with Gasteiger partial charge < -0.3 is 9.72 Å². The summed E-state index contributed by atoms with van der Waals surface area (Å²) in [4.78, 5) is 15.1. The zero-order valence-electron chi connectivity index (χ0n) is 12.1. The van der Waals surface area contributed by atoms with Gasteiger partial charge in [-0.3, -0.25) is 0 Å². The van der Waals surface area contributed by atoms with Gasteiger partial charge in [0.15, 0.2) is 0 Å². The standard InChI is InChI=1S/C17H19NO2/c1-4-20-17(19)11-16(14-8-6-5-7-9-14)15-10-12(2)18-13(15)3/h5-11,18H,4H2,1-3H3/b16-11-. The maximum Gasteiger partial charge on any atom is 0.331 e. The Balaban J connectivity index is 2.50. The van der Waals surface area contributed by atoms with E-state index >= 15 is 0 Å². The molecule has 2 aromatic rings. The molecule has 0 radical (unpaired) electrons. The molecule has 1 aromatic carbocycles. The molecular weight excluding hydrogens is 250 g/mol. The largest absolute Gasteiger partial charge is 0.463 e. The summed E-state index contributed by atoms with van der Waals surface area (Å²) in [5.74, 6) is -0.315. The quantitative estimate of drug-likeness (QED) is 0.680. The number of benzene rings is 1. The van der Waals surface area contributed by atoms with Gasteiger partial charge in [0, 0.05) is 23.0 Å². The van der Waals surface area contributed by atoms with E-state index in [-0.39, 0.29) is 5.97 Å². The molecule has 20 heavy (non-hydrogen) atoms. The molecule has 3 nitrogen and oxygen atoms in total. The van der Waals surface area contributed by atoms with E-state index in [9.17, 15) is 4.79 Å². The molecule has 0 saturated heterocycles. The van der Waals surface area contributed by atoms with Crippen molar-refractivity contribution >= 4 is 11.5 Å². The van der Waals surface area contributed by atoms with Crippen molar-refractivity contribution in [2.45, 2.75) is 20.8 Å². The minimum atomic E-state index is -0.315. The highest BCUT2D eigenvalue weighted by atomic mass is 16.5. The predicted molar refractivity (Wildman–Crippen MR) is 80.4 cm³/mol. The van der Waals surface area contributed by atoms with Crippen LogP contribution >= 0.6 is 0 Å². The van der Waals surface area contributed by atoms with Crippen molar-refractivity contribution in [3.63, 3.8) is 0 Å². The highest BCUT2D eigenvalue weighted by molar-refractivity contribution is 5.96. The van der Waals surface area contributed by atoms with Crippen molar-refractivity contribution in [1.29, 1.82) is 0 Å². The number of H-pyrrole nitrogens is 1. The lowest BCUT2D eigenvalue weighted by Crippen LogP contribution is -2.02. The zero-order valence-corrected chi connectivity index (χ0v) is 12.1. The van der Waals surface area contributed by atoms with Crippen LogP contribution in [0, 0.1) is 13.8 Å². The van der Waals surface area contributed by atoms with Crippen molar-refractivity contribution < 1.29 is 9.53 Å². The molecule has 0 aliphatic rings. The molecule has 0 atom stereocenters. The molecular formula is C17H19NO2. The summed E-state index contributed by atoms with van der Waals surface area (Å²) >= 11 is 0. The minimum absolute atomic E-state index is 0.315. The Hall–Kier alpha value is -2.29. The van der Waals surface area contributed by atoms with E-state index in [1.54, 1.807) is 13.0 Å². The molecule has 0 amide bonds. The molecule has 0 saturated carbocycles. The number of aromatic amines is 1. The second-order valence-corrected chi connectivity index (χ2v) is 4.67. The third-order valence-electron chi connectivity index (χ3n) is 3.07. The van der Waals surface area contributed by atoms with E-state index in [4.69, 9.17) is 4.74 Å². The van der Waals surface area contributed by atoms with Crippen LogP contribution in [0.15, 0.2) is 42.5 Å². The van der Waals surface area contributed by atoms with Crippen LogP contribution in [0.5, 0.6) is 0 Å². The minimum Gasteiger partial charge on any atom is -0.463 e. The summed E-state index contributed by atoms with van der Waals surface area (Å²) in [5, 5.41) is 0. The summed E-state index contributed by atoms with van der Waals surface area (Å²) in [5.41, 5.74) is 5.03. The highest BCUT2D eigenvalue weighted by Crippen LogP contribution is 2.26. The Morgan fingerprint density at radius 1 is 1.25 bits per heavy atom. The van der Waals surface area contributed by atoms with Gasteiger partial charge in [-0.1, -0.05) is 30.3 Å². The van der Waals surface area contributed by atoms with E-state index in [0.29, 0.717) is 6.61 Å². The normalized spacial score (nSPS) is 11.4. The molecule has 1 N–H and O–H groups in total. The van der Waals surface area contributed by atoms with Crippen molar-refractivity contribution in [1.82, 2.24) is 4.98 Å². The number of rotatable bonds is 4. The molecule has 0 spiro atoms. The topological polar surface area (TPSA) is 42.1 Å². The Kier molecular flexibility index (Phi) is 4.41. The van der Waals surface area contributed by atoms with E-state index in [1.165, 1.54) is 0 Å². The van der Waals surface area contributed by atoms with E-state index in [0.717, 1.165) is 28.1 Å². The van der Waals surface area contributed by atoms with Crippen molar-refractivity contribution in [2.24, 2.45) is 0 Å². The molecule has 0 bridgehead atoms. The summed E-state index contributed by atoms with van der Waals surface area (Å²) in [6.45, 7) is 6.19. The number of hydrogen-bond acceptors (Lipinski definition) is 2. The monoisotopic (exact) mass is 269 g/mol. The Bertz CT molecular complexity index is 624. The molecule has 0 aliphatic heterocycles. The second kappa shape index (κ2) is 6.24. The van der Waals surface area contributed by atoms with Gasteiger partial charge >= 0.3 is 5.97 Å². The molecule has 1 heterocycles. The molecule has 0 unspecified atom stereocenters. The van der Waals surface area contributed by atoms with Crippen LogP contribution in [0.25, 0.3) is 5.57 Å². The van der Waals surface area contributed by atoms with Crippen molar-refractivity contribution in [3.05, 3.63) is 65.0 Å². The Morgan fingerprint density at radius 3 is 2.50 bits per heavy atom. The first-order valence-corrected chi connectivity index (χ1v) is 6.72. The molecule has 0 fully saturated rings. The molecule has 104 valence electrons. The average molecular weight is 269 g/mol. The lowest BCUT2D eigenvalue weighted by molar-refractivity contribution is -0.137. The zero-order chi connectivity index (χ0) is 14.5. The third kappa shape index (κ3) is 3.18. The number of aromatic nitrogens is 1. The van der Waals surface area contributed by atoms with E-state index < -0.39 is 0 Å². The van der Waals surface area contributed by atoms with Crippen molar-refractivity contribution in [2.75, 3.05) is 6.61 Å². The first-order valence-electron chi connectivity index (χ1n) is 6.72. The SMILES string of the molecule is CCOC(=O)/C=C(/c1ccccc1)c1cc(C)[nH]c1C. The van der Waals surface area contributed by atoms with Gasteiger partial charge in [0.1, 0.15) is 0 Å². The van der Waals surface area contributed by atoms with Gasteiger partial charge in [-0.15, -0.1) is 0 Å². The van der Waals surface area contributed by atoms with Crippen LogP contribution in [0.3, 0.4) is 0 Å². The van der Waals surface area contributed by atoms with Crippen LogP contribution < -0.4 is 0 Å². The number of ether oxygens (including phenoxy) is 1. The number of hydrogen-bond donors (Lipinski definition) is 1. The molecule has 0 aliphatic carbocycles. The van der Waals surface area contributed by atoms with Crippen molar-refractivity contribution in [3.8, 4) is 0 Å². The Labute approximate surface area is 119 Å². The lowest BCUT2D eigenvalue weighted by Gasteiger charge is -2.08. The fourth-order valence-electron chi connectivity index (χ4n) is 2.24. The number of carbonyl (C=O) groups excluding carboxylic acids is 1. The van der Waals surface area contributed by atoms with Crippen LogP contribution in [-0.4, -0.2) is 17.6 Å². The van der Waals surface area contributed by atoms with E-state index in [1.807, 2.05) is 50.2 Å². The summed E-state index contributed by atoms with van der Waals surface area (Å²) in [7, 11) is 0. The van der Waals surface area contributed by atoms with Gasteiger partial charge in [-0.25, -0.2) is 4.79 Å². The van der Waals surface area contributed by atoms with Crippen LogP contribution in [-0.2, 0) is 9.53 Å². The molecule has 2 rings (SSSR count). The van der Waals surface area contributed by atoms with Gasteiger partial charge in [0.25, 0.3) is 0 Å². The molecule has 3 heteroatoms. The summed E-state index contributed by atoms with van der Waals surface area (Å²) < 4.78 is 5.04. The molecule has 1 aromatic heterocycles. The van der Waals surface area contributed by atoms with Gasteiger partial charge in [-0.05, 0) is 38.0 Å². The predicted octanol–water partition coefficient (Wildman–Crippen LogP) is 3.63. The maximum absolute atomic E-state index is 11.8. The average Bonchev–Trinajstić information content (AvgIpc) is 2.76. The van der Waals surface area contributed by atoms with Gasteiger partial charge in [0.05, 0.1) is 6.61 Å². The number of carbonyl (C=O) groups is 1.